The number of amides is 1. The summed E-state index contributed by atoms with van der Waals surface area (Å²) in [5.41, 5.74) is 4.44. The smallest absolute Gasteiger partial charge is 0.255 e. The van der Waals surface area contributed by atoms with E-state index in [4.69, 9.17) is 4.98 Å². The van der Waals surface area contributed by atoms with Crippen molar-refractivity contribution >= 4 is 16.8 Å². The van der Waals surface area contributed by atoms with Crippen LogP contribution in [0.5, 0.6) is 0 Å². The summed E-state index contributed by atoms with van der Waals surface area (Å²) in [7, 11) is 0. The number of piperidine rings is 1. The van der Waals surface area contributed by atoms with Gasteiger partial charge in [-0.2, -0.15) is 0 Å². The lowest BCUT2D eigenvalue weighted by Crippen LogP contribution is -2.47. The van der Waals surface area contributed by atoms with Crippen LogP contribution < -0.4 is 0 Å². The van der Waals surface area contributed by atoms with Crippen LogP contribution in [0, 0.1) is 6.92 Å². The third kappa shape index (κ3) is 3.32. The molecule has 1 fully saturated rings. The van der Waals surface area contributed by atoms with E-state index in [1.54, 1.807) is 12.4 Å². The van der Waals surface area contributed by atoms with Crippen LogP contribution in [0.2, 0.25) is 0 Å². The number of nitrogens with zero attached hydrogens (tertiary/aromatic N) is 3. The molecule has 27 heavy (non-hydrogen) atoms. The van der Waals surface area contributed by atoms with Crippen molar-refractivity contribution in [2.24, 2.45) is 0 Å². The van der Waals surface area contributed by atoms with E-state index in [9.17, 15) is 4.79 Å². The van der Waals surface area contributed by atoms with Crippen LogP contribution in [0.25, 0.3) is 22.2 Å². The van der Waals surface area contributed by atoms with Crippen molar-refractivity contribution in [3.63, 3.8) is 0 Å². The average molecular weight is 359 g/mol. The van der Waals surface area contributed by atoms with Crippen LogP contribution in [0.15, 0.2) is 48.8 Å². The lowest BCUT2D eigenvalue weighted by Gasteiger charge is -2.39. The second-order valence-corrected chi connectivity index (χ2v) is 7.66. The summed E-state index contributed by atoms with van der Waals surface area (Å²) < 4.78 is 0. The summed E-state index contributed by atoms with van der Waals surface area (Å²) in [5.74, 6) is 0.109. The van der Waals surface area contributed by atoms with E-state index in [0.717, 1.165) is 46.1 Å². The molecule has 0 saturated carbocycles. The van der Waals surface area contributed by atoms with Gasteiger partial charge in [0.05, 0.1) is 16.8 Å². The van der Waals surface area contributed by atoms with E-state index in [-0.39, 0.29) is 18.0 Å². The highest BCUT2D eigenvalue weighted by Gasteiger charge is 2.31. The van der Waals surface area contributed by atoms with Crippen LogP contribution in [0.1, 0.15) is 49.0 Å². The summed E-state index contributed by atoms with van der Waals surface area (Å²) in [6.45, 7) is 6.36. The molecule has 0 spiro atoms. The molecule has 1 saturated heterocycles. The van der Waals surface area contributed by atoms with Crippen molar-refractivity contribution in [3.05, 3.63) is 59.9 Å². The van der Waals surface area contributed by atoms with Gasteiger partial charge in [0.2, 0.25) is 0 Å². The standard InChI is InChI=1S/C23H25N3O/c1-15-9-10-21-19(12-15)20(13-22(25-21)18-8-5-11-24-14-18)23(27)26-16(2)6-4-7-17(26)3/h5,8-14,16-17H,4,6-7H2,1-3H3. The predicted molar refractivity (Wildman–Crippen MR) is 109 cm³/mol. The van der Waals surface area contributed by atoms with Gasteiger partial charge in [-0.25, -0.2) is 4.98 Å². The highest BCUT2D eigenvalue weighted by Crippen LogP contribution is 2.30. The number of hydrogen-bond donors (Lipinski definition) is 0. The number of benzene rings is 1. The van der Waals surface area contributed by atoms with Gasteiger partial charge in [0.15, 0.2) is 0 Å². The molecule has 138 valence electrons. The molecule has 0 aliphatic carbocycles. The zero-order valence-corrected chi connectivity index (χ0v) is 16.1. The van der Waals surface area contributed by atoms with Crippen LogP contribution >= 0.6 is 0 Å². The first-order valence-electron chi connectivity index (χ1n) is 9.69. The van der Waals surface area contributed by atoms with Crippen molar-refractivity contribution < 1.29 is 4.79 Å². The molecular weight excluding hydrogens is 334 g/mol. The molecule has 0 radical (unpaired) electrons. The van der Waals surface area contributed by atoms with Gasteiger partial charge in [-0.05, 0) is 70.4 Å². The number of pyridine rings is 2. The van der Waals surface area contributed by atoms with Gasteiger partial charge in [-0.1, -0.05) is 11.6 Å². The molecule has 3 heterocycles. The minimum atomic E-state index is 0.109. The van der Waals surface area contributed by atoms with Crippen molar-refractivity contribution in [1.82, 2.24) is 14.9 Å². The van der Waals surface area contributed by atoms with Gasteiger partial charge in [0, 0.05) is 35.4 Å². The van der Waals surface area contributed by atoms with Crippen molar-refractivity contribution in [2.75, 3.05) is 0 Å². The number of hydrogen-bond acceptors (Lipinski definition) is 3. The summed E-state index contributed by atoms with van der Waals surface area (Å²) in [5, 5.41) is 0.928. The van der Waals surface area contributed by atoms with E-state index < -0.39 is 0 Å². The zero-order valence-electron chi connectivity index (χ0n) is 16.1. The van der Waals surface area contributed by atoms with E-state index in [1.165, 1.54) is 6.42 Å². The first-order chi connectivity index (χ1) is 13.0. The molecule has 1 aliphatic heterocycles. The zero-order chi connectivity index (χ0) is 19.0. The molecule has 3 aromatic rings. The van der Waals surface area contributed by atoms with E-state index >= 15 is 0 Å². The maximum absolute atomic E-state index is 13.6. The van der Waals surface area contributed by atoms with Crippen molar-refractivity contribution in [3.8, 4) is 11.3 Å². The van der Waals surface area contributed by atoms with Gasteiger partial charge in [-0.15, -0.1) is 0 Å². The number of carbonyl (C=O) groups is 1. The highest BCUT2D eigenvalue weighted by atomic mass is 16.2. The Bertz CT molecular complexity index is 974. The molecule has 2 aromatic heterocycles. The molecule has 4 rings (SSSR count). The molecule has 2 unspecified atom stereocenters. The normalized spacial score (nSPS) is 20.0. The number of fused-ring (bicyclic) bond motifs is 1. The minimum Gasteiger partial charge on any atom is -0.333 e. The van der Waals surface area contributed by atoms with Crippen molar-refractivity contribution in [2.45, 2.75) is 52.1 Å². The average Bonchev–Trinajstić information content (AvgIpc) is 2.67. The summed E-state index contributed by atoms with van der Waals surface area (Å²) >= 11 is 0. The molecule has 0 bridgehead atoms. The largest absolute Gasteiger partial charge is 0.333 e. The quantitative estimate of drug-likeness (QED) is 0.646. The molecule has 1 aliphatic rings. The highest BCUT2D eigenvalue weighted by molar-refractivity contribution is 6.07. The van der Waals surface area contributed by atoms with Gasteiger partial charge >= 0.3 is 0 Å². The third-order valence-corrected chi connectivity index (χ3v) is 5.58. The van der Waals surface area contributed by atoms with Crippen LogP contribution in [-0.2, 0) is 0 Å². The predicted octanol–water partition coefficient (Wildman–Crippen LogP) is 5.01. The molecule has 4 heteroatoms. The first-order valence-corrected chi connectivity index (χ1v) is 9.69. The lowest BCUT2D eigenvalue weighted by molar-refractivity contribution is 0.0513. The van der Waals surface area contributed by atoms with Crippen molar-refractivity contribution in [1.29, 1.82) is 0 Å². The fraction of sp³-hybridized carbons (Fsp3) is 0.348. The SMILES string of the molecule is Cc1ccc2nc(-c3cccnc3)cc(C(=O)N3C(C)CCCC3C)c2c1. The van der Waals surface area contributed by atoms with Gasteiger partial charge in [0.1, 0.15) is 0 Å². The fourth-order valence-electron chi connectivity index (χ4n) is 4.14. The van der Waals surface area contributed by atoms with Gasteiger partial charge in [-0.3, -0.25) is 9.78 Å². The van der Waals surface area contributed by atoms with Gasteiger partial charge in [0.25, 0.3) is 5.91 Å². The Kier molecular flexibility index (Phi) is 4.65. The number of aromatic nitrogens is 2. The lowest BCUT2D eigenvalue weighted by atomic mass is 9.95. The fourth-order valence-corrected chi connectivity index (χ4v) is 4.14. The molecule has 1 aromatic carbocycles. The Morgan fingerprint density at radius 1 is 1.11 bits per heavy atom. The van der Waals surface area contributed by atoms with Crippen LogP contribution in [0.3, 0.4) is 0 Å². The van der Waals surface area contributed by atoms with E-state index in [2.05, 4.69) is 36.7 Å². The number of likely N-dealkylation sites (tertiary alicyclic amines) is 1. The number of rotatable bonds is 2. The van der Waals surface area contributed by atoms with Crippen LogP contribution in [0.4, 0.5) is 0 Å². The third-order valence-electron chi connectivity index (χ3n) is 5.58. The second-order valence-electron chi connectivity index (χ2n) is 7.66. The van der Waals surface area contributed by atoms with E-state index in [1.807, 2.05) is 30.3 Å². The number of aryl methyl sites for hydroxylation is 1. The minimum absolute atomic E-state index is 0.109. The maximum Gasteiger partial charge on any atom is 0.255 e. The molecule has 0 N–H and O–H groups in total. The Morgan fingerprint density at radius 3 is 2.59 bits per heavy atom. The molecular formula is C23H25N3O. The molecule has 2 atom stereocenters. The van der Waals surface area contributed by atoms with Crippen LogP contribution in [-0.4, -0.2) is 32.9 Å². The first kappa shape index (κ1) is 17.7. The Hall–Kier alpha value is -2.75. The summed E-state index contributed by atoms with van der Waals surface area (Å²) in [6.07, 6.45) is 6.85. The second kappa shape index (κ2) is 7.10. The number of carbonyl (C=O) groups excluding carboxylic acids is 1. The Morgan fingerprint density at radius 2 is 1.89 bits per heavy atom. The topological polar surface area (TPSA) is 46.1 Å². The molecule has 4 nitrogen and oxygen atoms in total. The molecule has 1 amide bonds. The monoisotopic (exact) mass is 359 g/mol. The Labute approximate surface area is 160 Å². The summed E-state index contributed by atoms with van der Waals surface area (Å²) in [6, 6.07) is 12.5. The maximum atomic E-state index is 13.6. The Balaban J connectivity index is 1.89. The van der Waals surface area contributed by atoms with E-state index in [0.29, 0.717) is 0 Å². The van der Waals surface area contributed by atoms with Gasteiger partial charge < -0.3 is 4.90 Å². The summed E-state index contributed by atoms with van der Waals surface area (Å²) in [4.78, 5) is 24.7.